The summed E-state index contributed by atoms with van der Waals surface area (Å²) < 4.78 is 4.71. The van der Waals surface area contributed by atoms with Crippen LogP contribution in [0, 0.1) is 0 Å². The molecule has 5 nitrogen and oxygen atoms in total. The number of hydrogen-bond donors (Lipinski definition) is 1. The largest absolute Gasteiger partial charge is 0.508 e. The van der Waals surface area contributed by atoms with Crippen LogP contribution in [0.3, 0.4) is 0 Å². The van der Waals surface area contributed by atoms with Crippen LogP contribution in [-0.2, 0) is 27.4 Å². The molecule has 2 rings (SSSR count). The van der Waals surface area contributed by atoms with Crippen LogP contribution in [-0.4, -0.2) is 23.9 Å². The van der Waals surface area contributed by atoms with Crippen molar-refractivity contribution >= 4 is 11.7 Å². The van der Waals surface area contributed by atoms with Gasteiger partial charge < -0.3 is 14.7 Å². The van der Waals surface area contributed by atoms with Gasteiger partial charge in [0.2, 0.25) is 0 Å². The predicted molar refractivity (Wildman–Crippen MR) is 82.5 cm³/mol. The van der Waals surface area contributed by atoms with Crippen LogP contribution in [0.2, 0.25) is 0 Å². The van der Waals surface area contributed by atoms with E-state index in [9.17, 15) is 9.90 Å². The van der Waals surface area contributed by atoms with Gasteiger partial charge in [0, 0.05) is 6.42 Å². The van der Waals surface area contributed by atoms with Gasteiger partial charge in [-0.2, -0.15) is 0 Å². The zero-order chi connectivity index (χ0) is 15.8. The minimum Gasteiger partial charge on any atom is -0.508 e. The number of hydrogen-bond acceptors (Lipinski definition) is 5. The number of carbonyl (C=O) groups excluding carboxylic acids is 1. The Bertz CT molecular complexity index is 635. The third-order valence-electron chi connectivity index (χ3n) is 2.98. The van der Waals surface area contributed by atoms with Gasteiger partial charge in [-0.1, -0.05) is 47.6 Å². The molecule has 114 valence electrons. The molecule has 0 saturated heterocycles. The van der Waals surface area contributed by atoms with Crippen molar-refractivity contribution < 1.29 is 19.5 Å². The highest BCUT2D eigenvalue weighted by molar-refractivity contribution is 6.36. The van der Waals surface area contributed by atoms with E-state index in [0.29, 0.717) is 0 Å². The van der Waals surface area contributed by atoms with Gasteiger partial charge in [-0.3, -0.25) is 0 Å². The van der Waals surface area contributed by atoms with Gasteiger partial charge in [0.25, 0.3) is 0 Å². The Kier molecular flexibility index (Phi) is 5.54. The van der Waals surface area contributed by atoms with E-state index in [0.717, 1.165) is 11.1 Å². The van der Waals surface area contributed by atoms with Gasteiger partial charge in [-0.05, 0) is 23.3 Å². The summed E-state index contributed by atoms with van der Waals surface area (Å²) in [5, 5.41) is 13.2. The molecule has 0 fully saturated rings. The molecule has 0 aliphatic carbocycles. The van der Waals surface area contributed by atoms with E-state index in [1.807, 2.05) is 30.3 Å². The van der Waals surface area contributed by atoms with E-state index >= 15 is 0 Å². The lowest BCUT2D eigenvalue weighted by Crippen LogP contribution is -2.19. The van der Waals surface area contributed by atoms with Crippen LogP contribution in [0.25, 0.3) is 0 Å². The number of phenolic OH excluding ortho intramolecular Hbond substituents is 1. The van der Waals surface area contributed by atoms with Crippen molar-refractivity contribution in [2.24, 2.45) is 5.16 Å². The number of phenols is 1. The lowest BCUT2D eigenvalue weighted by Gasteiger charge is -2.06. The molecule has 0 bridgehead atoms. The maximum atomic E-state index is 11.7. The molecular weight excluding hydrogens is 282 g/mol. The van der Waals surface area contributed by atoms with Crippen LogP contribution >= 0.6 is 0 Å². The van der Waals surface area contributed by atoms with Crippen LogP contribution in [0.4, 0.5) is 0 Å². The standard InChI is InChI=1S/C17H17NO4/c1-21-17(20)16(11-13-7-9-15(19)10-8-13)18-22-12-14-5-3-2-4-6-14/h2-10,19H,11-12H2,1H3/b18-16-. The van der Waals surface area contributed by atoms with Crippen molar-refractivity contribution in [1.29, 1.82) is 0 Å². The van der Waals surface area contributed by atoms with E-state index in [1.54, 1.807) is 24.3 Å². The minimum absolute atomic E-state index is 0.167. The number of carbonyl (C=O) groups is 1. The summed E-state index contributed by atoms with van der Waals surface area (Å²) in [5.74, 6) is -0.373. The summed E-state index contributed by atoms with van der Waals surface area (Å²) in [5.41, 5.74) is 1.95. The third-order valence-corrected chi connectivity index (χ3v) is 2.98. The Morgan fingerprint density at radius 2 is 1.73 bits per heavy atom. The monoisotopic (exact) mass is 299 g/mol. The smallest absolute Gasteiger partial charge is 0.356 e. The lowest BCUT2D eigenvalue weighted by atomic mass is 10.1. The number of ether oxygens (including phenoxy) is 1. The summed E-state index contributed by atoms with van der Waals surface area (Å²) in [6, 6.07) is 16.1. The predicted octanol–water partition coefficient (Wildman–Crippen LogP) is 2.68. The van der Waals surface area contributed by atoms with E-state index < -0.39 is 5.97 Å². The van der Waals surface area contributed by atoms with Crippen LogP contribution < -0.4 is 0 Å². The first-order chi connectivity index (χ1) is 10.7. The average molecular weight is 299 g/mol. The zero-order valence-electron chi connectivity index (χ0n) is 12.2. The van der Waals surface area contributed by atoms with Gasteiger partial charge >= 0.3 is 5.97 Å². The second kappa shape index (κ2) is 7.83. The number of aromatic hydroxyl groups is 1. The molecular formula is C17H17NO4. The summed E-state index contributed by atoms with van der Waals surface area (Å²) >= 11 is 0. The first-order valence-corrected chi connectivity index (χ1v) is 6.78. The Balaban J connectivity index is 2.03. The molecule has 0 atom stereocenters. The molecule has 0 aromatic heterocycles. The van der Waals surface area contributed by atoms with Crippen molar-refractivity contribution in [2.45, 2.75) is 13.0 Å². The fourth-order valence-corrected chi connectivity index (χ4v) is 1.83. The van der Waals surface area contributed by atoms with Crippen molar-refractivity contribution in [3.05, 3.63) is 65.7 Å². The van der Waals surface area contributed by atoms with Crippen molar-refractivity contribution in [3.63, 3.8) is 0 Å². The number of benzene rings is 2. The van der Waals surface area contributed by atoms with Gasteiger partial charge in [-0.15, -0.1) is 0 Å². The van der Waals surface area contributed by atoms with E-state index in [-0.39, 0.29) is 24.5 Å². The Labute approximate surface area is 128 Å². The Morgan fingerprint density at radius 3 is 2.36 bits per heavy atom. The van der Waals surface area contributed by atoms with Crippen molar-refractivity contribution in [1.82, 2.24) is 0 Å². The number of oxime groups is 1. The average Bonchev–Trinajstić information content (AvgIpc) is 2.56. The highest BCUT2D eigenvalue weighted by atomic mass is 16.6. The fraction of sp³-hybridized carbons (Fsp3) is 0.176. The summed E-state index contributed by atoms with van der Waals surface area (Å²) in [6.07, 6.45) is 0.266. The lowest BCUT2D eigenvalue weighted by molar-refractivity contribution is -0.133. The van der Waals surface area contributed by atoms with Crippen LogP contribution in [0.5, 0.6) is 5.75 Å². The van der Waals surface area contributed by atoms with Gasteiger partial charge in [-0.25, -0.2) is 4.79 Å². The molecule has 0 radical (unpaired) electrons. The summed E-state index contributed by atoms with van der Waals surface area (Å²) in [4.78, 5) is 17.0. The molecule has 0 amide bonds. The quantitative estimate of drug-likeness (QED) is 0.506. The van der Waals surface area contributed by atoms with Crippen molar-refractivity contribution in [3.8, 4) is 5.75 Å². The minimum atomic E-state index is -0.541. The molecule has 0 saturated carbocycles. The molecule has 2 aromatic carbocycles. The first-order valence-electron chi connectivity index (χ1n) is 6.78. The highest BCUT2D eigenvalue weighted by Crippen LogP contribution is 2.11. The SMILES string of the molecule is COC(=O)/C(Cc1ccc(O)cc1)=N\OCc1ccccc1. The molecule has 0 spiro atoms. The molecule has 0 aliphatic rings. The molecule has 5 heteroatoms. The topological polar surface area (TPSA) is 68.1 Å². The second-order valence-electron chi connectivity index (χ2n) is 4.63. The maximum Gasteiger partial charge on any atom is 0.356 e. The summed E-state index contributed by atoms with van der Waals surface area (Å²) in [6.45, 7) is 0.275. The van der Waals surface area contributed by atoms with Crippen LogP contribution in [0.1, 0.15) is 11.1 Å². The summed E-state index contributed by atoms with van der Waals surface area (Å²) in [7, 11) is 1.30. The first kappa shape index (κ1) is 15.6. The zero-order valence-corrected chi connectivity index (χ0v) is 12.2. The van der Waals surface area contributed by atoms with Crippen LogP contribution in [0.15, 0.2) is 59.8 Å². The molecule has 22 heavy (non-hydrogen) atoms. The number of methoxy groups -OCH3 is 1. The van der Waals surface area contributed by atoms with Gasteiger partial charge in [0.15, 0.2) is 5.71 Å². The normalized spacial score (nSPS) is 11.0. The van der Waals surface area contributed by atoms with Gasteiger partial charge in [0.05, 0.1) is 7.11 Å². The van der Waals surface area contributed by atoms with E-state index in [4.69, 9.17) is 9.57 Å². The van der Waals surface area contributed by atoms with E-state index in [1.165, 1.54) is 7.11 Å². The molecule has 0 aliphatic heterocycles. The fourth-order valence-electron chi connectivity index (χ4n) is 1.83. The third kappa shape index (κ3) is 4.63. The van der Waals surface area contributed by atoms with E-state index in [2.05, 4.69) is 5.16 Å². The molecule has 1 N–H and O–H groups in total. The number of esters is 1. The maximum absolute atomic E-state index is 11.7. The molecule has 0 unspecified atom stereocenters. The number of nitrogens with zero attached hydrogens (tertiary/aromatic N) is 1. The number of rotatable bonds is 6. The second-order valence-corrected chi connectivity index (χ2v) is 4.63. The molecule has 0 heterocycles. The highest BCUT2D eigenvalue weighted by Gasteiger charge is 2.14. The van der Waals surface area contributed by atoms with Gasteiger partial charge in [0.1, 0.15) is 12.4 Å². The Hall–Kier alpha value is -2.82. The molecule has 2 aromatic rings. The van der Waals surface area contributed by atoms with Crippen molar-refractivity contribution in [2.75, 3.05) is 7.11 Å². The Morgan fingerprint density at radius 1 is 1.05 bits per heavy atom.